The number of rotatable bonds is 7. The highest BCUT2D eigenvalue weighted by Gasteiger charge is 2.30. The predicted octanol–water partition coefficient (Wildman–Crippen LogP) is 6.42. The fourth-order valence-electron chi connectivity index (χ4n) is 4.62. The zero-order valence-electron chi connectivity index (χ0n) is 23.5. The topological polar surface area (TPSA) is 94.6 Å². The number of carbonyl (C=O) groups excluding carboxylic acids is 3. The van der Waals surface area contributed by atoms with Crippen LogP contribution in [0.5, 0.6) is 11.5 Å². The van der Waals surface area contributed by atoms with Crippen LogP contribution in [0, 0.1) is 27.7 Å². The summed E-state index contributed by atoms with van der Waals surface area (Å²) in [6.45, 7) is 10.9. The van der Waals surface area contributed by atoms with Crippen molar-refractivity contribution in [2.45, 2.75) is 47.1 Å². The summed E-state index contributed by atoms with van der Waals surface area (Å²) in [4.78, 5) is 44.8. The molecule has 0 saturated heterocycles. The molecular formula is C33H32N2O5. The minimum atomic E-state index is -0.893. The van der Waals surface area contributed by atoms with E-state index in [0.29, 0.717) is 16.8 Å². The summed E-state index contributed by atoms with van der Waals surface area (Å²) in [5, 5.41) is 2.96. The monoisotopic (exact) mass is 536 g/mol. The van der Waals surface area contributed by atoms with Crippen LogP contribution in [-0.4, -0.2) is 22.8 Å². The Bertz CT molecular complexity index is 1470. The highest BCUT2D eigenvalue weighted by atomic mass is 16.5. The van der Waals surface area contributed by atoms with E-state index in [4.69, 9.17) is 9.47 Å². The number of carbonyl (C=O) groups is 3. The first-order valence-electron chi connectivity index (χ1n) is 12.9. The molecule has 7 heteroatoms. The standard InChI is InChI=1S/C33H32N2O5/c1-20-12-9-13-21(2)27(20)31(37)39-24-16-11-17-25(40-32(38)28-22(3)14-10-15-23(28)4)29(24)30(36)35-33(5,6)26-18-7-8-19-34-26/h7-19H,1-6H3,(H,35,36). The van der Waals surface area contributed by atoms with Gasteiger partial charge in [0.25, 0.3) is 5.91 Å². The van der Waals surface area contributed by atoms with Gasteiger partial charge in [0.1, 0.15) is 17.1 Å². The van der Waals surface area contributed by atoms with E-state index in [0.717, 1.165) is 22.3 Å². The second-order valence-electron chi connectivity index (χ2n) is 10.2. The summed E-state index contributed by atoms with van der Waals surface area (Å²) in [7, 11) is 0. The van der Waals surface area contributed by atoms with Crippen LogP contribution in [-0.2, 0) is 5.54 Å². The minimum Gasteiger partial charge on any atom is -0.422 e. The Balaban J connectivity index is 1.77. The summed E-state index contributed by atoms with van der Waals surface area (Å²) in [5.74, 6) is -1.90. The summed E-state index contributed by atoms with van der Waals surface area (Å²) in [6.07, 6.45) is 1.64. The van der Waals surface area contributed by atoms with Crippen molar-refractivity contribution in [2.24, 2.45) is 0 Å². The third kappa shape index (κ3) is 5.94. The Hall–Kier alpha value is -4.78. The molecule has 3 aromatic carbocycles. The van der Waals surface area contributed by atoms with Crippen LogP contribution < -0.4 is 14.8 Å². The lowest BCUT2D eigenvalue weighted by atomic mass is 9.98. The highest BCUT2D eigenvalue weighted by molar-refractivity contribution is 6.03. The van der Waals surface area contributed by atoms with E-state index >= 15 is 0 Å². The molecule has 0 fully saturated rings. The van der Waals surface area contributed by atoms with Gasteiger partial charge < -0.3 is 14.8 Å². The Morgan fingerprint density at radius 2 is 1.07 bits per heavy atom. The molecule has 0 unspecified atom stereocenters. The molecule has 0 aliphatic heterocycles. The van der Waals surface area contributed by atoms with Gasteiger partial charge in [-0.3, -0.25) is 9.78 Å². The fraction of sp³-hybridized carbons (Fsp3) is 0.212. The molecule has 1 amide bonds. The molecule has 1 aromatic heterocycles. The molecule has 4 aromatic rings. The second-order valence-corrected chi connectivity index (χ2v) is 10.2. The van der Waals surface area contributed by atoms with E-state index < -0.39 is 23.4 Å². The molecule has 1 N–H and O–H groups in total. The van der Waals surface area contributed by atoms with Crippen molar-refractivity contribution in [3.05, 3.63) is 124 Å². The maximum atomic E-state index is 13.9. The van der Waals surface area contributed by atoms with Gasteiger partial charge in [0, 0.05) is 6.20 Å². The zero-order valence-corrected chi connectivity index (χ0v) is 23.5. The number of hydrogen-bond acceptors (Lipinski definition) is 6. The lowest BCUT2D eigenvalue weighted by Gasteiger charge is -2.26. The number of ether oxygens (including phenoxy) is 2. The Labute approximate surface area is 234 Å². The van der Waals surface area contributed by atoms with E-state index in [1.54, 1.807) is 38.2 Å². The highest BCUT2D eigenvalue weighted by Crippen LogP contribution is 2.32. The summed E-state index contributed by atoms with van der Waals surface area (Å²) < 4.78 is 11.6. The Kier molecular flexibility index (Phi) is 8.14. The van der Waals surface area contributed by atoms with Crippen LogP contribution in [0.4, 0.5) is 0 Å². The number of pyridine rings is 1. The Morgan fingerprint density at radius 3 is 1.50 bits per heavy atom. The molecule has 0 bridgehead atoms. The largest absolute Gasteiger partial charge is 0.422 e. The van der Waals surface area contributed by atoms with Gasteiger partial charge in [0.2, 0.25) is 0 Å². The SMILES string of the molecule is Cc1cccc(C)c1C(=O)Oc1cccc(OC(=O)c2c(C)cccc2C)c1C(=O)NC(C)(C)c1ccccn1. The van der Waals surface area contributed by atoms with Gasteiger partial charge in [-0.25, -0.2) is 9.59 Å². The molecule has 7 nitrogen and oxygen atoms in total. The van der Waals surface area contributed by atoms with Gasteiger partial charge in [0.15, 0.2) is 0 Å². The van der Waals surface area contributed by atoms with Crippen LogP contribution in [0.2, 0.25) is 0 Å². The van der Waals surface area contributed by atoms with Crippen molar-refractivity contribution in [1.82, 2.24) is 10.3 Å². The van der Waals surface area contributed by atoms with Crippen LogP contribution in [0.15, 0.2) is 79.0 Å². The third-order valence-electron chi connectivity index (χ3n) is 6.72. The van der Waals surface area contributed by atoms with Crippen molar-refractivity contribution in [3.63, 3.8) is 0 Å². The van der Waals surface area contributed by atoms with Crippen molar-refractivity contribution in [1.29, 1.82) is 0 Å². The average Bonchev–Trinajstić information content (AvgIpc) is 2.89. The zero-order chi connectivity index (χ0) is 29.0. The quantitative estimate of drug-likeness (QED) is 0.216. The second kappa shape index (κ2) is 11.5. The van der Waals surface area contributed by atoms with Crippen molar-refractivity contribution in [2.75, 3.05) is 0 Å². The van der Waals surface area contributed by atoms with E-state index in [1.165, 1.54) is 12.1 Å². The maximum Gasteiger partial charge on any atom is 0.344 e. The number of nitrogens with one attached hydrogen (secondary N) is 1. The van der Waals surface area contributed by atoms with Crippen LogP contribution in [0.25, 0.3) is 0 Å². The number of esters is 2. The molecule has 0 aliphatic carbocycles. The summed E-state index contributed by atoms with van der Waals surface area (Å²) in [6, 6.07) is 21.0. The average molecular weight is 537 g/mol. The summed E-state index contributed by atoms with van der Waals surface area (Å²) >= 11 is 0. The lowest BCUT2D eigenvalue weighted by Crippen LogP contribution is -2.42. The number of benzene rings is 3. The van der Waals surface area contributed by atoms with Gasteiger partial charge in [0.05, 0.1) is 22.4 Å². The third-order valence-corrected chi connectivity index (χ3v) is 6.72. The van der Waals surface area contributed by atoms with Gasteiger partial charge in [-0.15, -0.1) is 0 Å². The number of nitrogens with zero attached hydrogens (tertiary/aromatic N) is 1. The van der Waals surface area contributed by atoms with E-state index in [-0.39, 0.29) is 17.1 Å². The van der Waals surface area contributed by atoms with Crippen LogP contribution >= 0.6 is 0 Å². The number of amides is 1. The Morgan fingerprint density at radius 1 is 0.625 bits per heavy atom. The molecule has 0 spiro atoms. The van der Waals surface area contributed by atoms with Gasteiger partial charge in [-0.2, -0.15) is 0 Å². The molecule has 0 atom stereocenters. The molecule has 0 saturated carbocycles. The predicted molar refractivity (Wildman–Crippen MR) is 153 cm³/mol. The van der Waals surface area contributed by atoms with Crippen LogP contribution in [0.1, 0.15) is 72.9 Å². The smallest absolute Gasteiger partial charge is 0.344 e. The first-order valence-corrected chi connectivity index (χ1v) is 12.9. The molecule has 1 heterocycles. The number of hydrogen-bond donors (Lipinski definition) is 1. The molecule has 0 aliphatic rings. The van der Waals surface area contributed by atoms with Crippen molar-refractivity contribution < 1.29 is 23.9 Å². The number of aryl methyl sites for hydroxylation is 4. The maximum absolute atomic E-state index is 13.9. The first kappa shape index (κ1) is 28.2. The fourth-order valence-corrected chi connectivity index (χ4v) is 4.62. The van der Waals surface area contributed by atoms with Crippen LogP contribution in [0.3, 0.4) is 0 Å². The number of aromatic nitrogens is 1. The molecular weight excluding hydrogens is 504 g/mol. The van der Waals surface area contributed by atoms with E-state index in [1.807, 2.05) is 70.2 Å². The van der Waals surface area contributed by atoms with Gasteiger partial charge in [-0.05, 0) is 88.1 Å². The molecule has 204 valence electrons. The molecule has 40 heavy (non-hydrogen) atoms. The molecule has 0 radical (unpaired) electrons. The van der Waals surface area contributed by atoms with Crippen molar-refractivity contribution >= 4 is 17.8 Å². The first-order chi connectivity index (χ1) is 19.0. The minimum absolute atomic E-state index is 0.0335. The summed E-state index contributed by atoms with van der Waals surface area (Å²) in [5.41, 5.74) is 3.43. The van der Waals surface area contributed by atoms with Gasteiger partial charge >= 0.3 is 11.9 Å². The lowest BCUT2D eigenvalue weighted by molar-refractivity contribution is 0.0725. The van der Waals surface area contributed by atoms with Crippen molar-refractivity contribution in [3.8, 4) is 11.5 Å². The molecule has 4 rings (SSSR count). The van der Waals surface area contributed by atoms with E-state index in [2.05, 4.69) is 10.3 Å². The van der Waals surface area contributed by atoms with E-state index in [9.17, 15) is 14.4 Å². The van der Waals surface area contributed by atoms with Gasteiger partial charge in [-0.1, -0.05) is 48.5 Å². The normalized spacial score (nSPS) is 11.1.